The summed E-state index contributed by atoms with van der Waals surface area (Å²) in [7, 11) is -0.427. The third-order valence-corrected chi connectivity index (χ3v) is 6.01. The van der Waals surface area contributed by atoms with Crippen LogP contribution in [0.1, 0.15) is 24.4 Å². The Labute approximate surface area is 170 Å². The molecular weight excluding hydrogens is 433 g/mol. The normalized spacial score (nSPS) is 17.2. The predicted molar refractivity (Wildman–Crippen MR) is 94.8 cm³/mol. The lowest BCUT2D eigenvalue weighted by molar-refractivity contribution is -0.192. The van der Waals surface area contributed by atoms with Crippen LogP contribution in [0.15, 0.2) is 17.6 Å². The van der Waals surface area contributed by atoms with E-state index >= 15 is 0 Å². The van der Waals surface area contributed by atoms with Gasteiger partial charge in [-0.05, 0) is 6.92 Å². The van der Waals surface area contributed by atoms with Gasteiger partial charge < -0.3 is 14.4 Å². The second kappa shape index (κ2) is 9.09. The Morgan fingerprint density at radius 2 is 2.03 bits per heavy atom. The molecule has 3 heterocycles. The third kappa shape index (κ3) is 4.96. The van der Waals surface area contributed by atoms with Gasteiger partial charge in [0.15, 0.2) is 5.03 Å². The summed E-state index contributed by atoms with van der Waals surface area (Å²) in [6.07, 6.45) is -1.54. The molecule has 0 aromatic carbocycles. The molecule has 0 aliphatic carbocycles. The molecule has 1 N–H and O–H groups in total. The van der Waals surface area contributed by atoms with Crippen LogP contribution in [-0.2, 0) is 39.6 Å². The van der Waals surface area contributed by atoms with E-state index in [1.165, 1.54) is 16.8 Å². The number of hydrogen-bond donors (Lipinski definition) is 1. The van der Waals surface area contributed by atoms with Gasteiger partial charge in [-0.1, -0.05) is 5.21 Å². The Balaban J connectivity index is 0.000000396. The first-order chi connectivity index (χ1) is 13.9. The second-order valence-corrected chi connectivity index (χ2v) is 8.09. The molecule has 168 valence electrons. The van der Waals surface area contributed by atoms with E-state index in [-0.39, 0.29) is 11.6 Å². The molecule has 3 rings (SSSR count). The molecule has 0 spiro atoms. The highest BCUT2D eigenvalue weighted by atomic mass is 32.2. The number of aryl methyl sites for hydroxylation is 2. The van der Waals surface area contributed by atoms with Gasteiger partial charge in [-0.25, -0.2) is 22.9 Å². The van der Waals surface area contributed by atoms with Gasteiger partial charge in [0.2, 0.25) is 0 Å². The number of aromatic nitrogens is 5. The molecule has 1 aliphatic rings. The van der Waals surface area contributed by atoms with Crippen LogP contribution in [0.4, 0.5) is 13.2 Å². The smallest absolute Gasteiger partial charge is 0.475 e. The zero-order valence-corrected chi connectivity index (χ0v) is 17.2. The van der Waals surface area contributed by atoms with Gasteiger partial charge in [0.25, 0.3) is 10.0 Å². The van der Waals surface area contributed by atoms with E-state index in [1.54, 1.807) is 18.7 Å². The fraction of sp³-hybridized carbons (Fsp3) is 0.600. The number of carbonyl (C=O) groups is 1. The van der Waals surface area contributed by atoms with E-state index < -0.39 is 28.2 Å². The first-order valence-corrected chi connectivity index (χ1v) is 10.1. The van der Waals surface area contributed by atoms with Crippen molar-refractivity contribution in [3.8, 4) is 0 Å². The van der Waals surface area contributed by atoms with Crippen LogP contribution in [0.25, 0.3) is 0 Å². The van der Waals surface area contributed by atoms with Crippen molar-refractivity contribution in [1.82, 2.24) is 28.9 Å². The van der Waals surface area contributed by atoms with Crippen LogP contribution >= 0.6 is 0 Å². The molecule has 0 bridgehead atoms. The van der Waals surface area contributed by atoms with E-state index in [9.17, 15) is 21.6 Å². The Bertz CT molecular complexity index is 987. The van der Waals surface area contributed by atoms with Crippen LogP contribution in [-0.4, -0.2) is 74.8 Å². The highest BCUT2D eigenvalue weighted by molar-refractivity contribution is 7.89. The lowest BCUT2D eigenvalue weighted by Gasteiger charge is -2.32. The van der Waals surface area contributed by atoms with Gasteiger partial charge in [0, 0.05) is 39.9 Å². The number of hydrogen-bond acceptors (Lipinski definition) is 7. The van der Waals surface area contributed by atoms with Crippen LogP contribution in [0, 0.1) is 0 Å². The fourth-order valence-corrected chi connectivity index (χ4v) is 4.42. The molecule has 0 radical (unpaired) electrons. The summed E-state index contributed by atoms with van der Waals surface area (Å²) in [4.78, 5) is 12.9. The minimum atomic E-state index is -5.08. The number of halogens is 3. The molecule has 2 aromatic rings. The predicted octanol–water partition coefficient (Wildman–Crippen LogP) is 0.599. The molecule has 11 nitrogen and oxygen atoms in total. The Morgan fingerprint density at radius 3 is 2.50 bits per heavy atom. The number of imidazole rings is 1. The quantitative estimate of drug-likeness (QED) is 0.695. The molecular formula is C15H21F3N6O5S. The maximum Gasteiger partial charge on any atom is 0.490 e. The Morgan fingerprint density at radius 1 is 1.40 bits per heavy atom. The Kier molecular flexibility index (Phi) is 7.20. The average Bonchev–Trinajstić information content (AvgIpc) is 3.28. The summed E-state index contributed by atoms with van der Waals surface area (Å²) < 4.78 is 67.6. The van der Waals surface area contributed by atoms with Gasteiger partial charge in [0.1, 0.15) is 5.69 Å². The van der Waals surface area contributed by atoms with E-state index in [4.69, 9.17) is 14.6 Å². The molecule has 2 aromatic heterocycles. The van der Waals surface area contributed by atoms with E-state index in [0.717, 1.165) is 5.69 Å². The summed E-state index contributed by atoms with van der Waals surface area (Å²) >= 11 is 0. The van der Waals surface area contributed by atoms with Crippen molar-refractivity contribution < 1.29 is 36.2 Å². The summed E-state index contributed by atoms with van der Waals surface area (Å²) in [5.74, 6) is -2.76. The monoisotopic (exact) mass is 454 g/mol. The molecule has 0 amide bonds. The number of carboxylic acids is 1. The standard InChI is InChI=1S/C13H20N6O3S.C2HF3O2/c1-4-18-10-5-6-19(11(8-22-3)13(10)15-16-18)23(20,21)12-7-17(2)9-14-12;3-2(4,5)1(6)7/h7,9,11H,4-6,8H2,1-3H3;(H,6,7). The second-order valence-electron chi connectivity index (χ2n) is 6.25. The summed E-state index contributed by atoms with van der Waals surface area (Å²) in [6, 6.07) is -0.490. The zero-order valence-electron chi connectivity index (χ0n) is 16.4. The summed E-state index contributed by atoms with van der Waals surface area (Å²) in [6.45, 7) is 3.26. The molecule has 30 heavy (non-hydrogen) atoms. The van der Waals surface area contributed by atoms with Crippen LogP contribution < -0.4 is 0 Å². The van der Waals surface area contributed by atoms with Gasteiger partial charge >= 0.3 is 12.1 Å². The lowest BCUT2D eigenvalue weighted by Crippen LogP contribution is -2.42. The Hall–Kier alpha value is -2.52. The number of nitrogens with zero attached hydrogens (tertiary/aromatic N) is 6. The minimum absolute atomic E-state index is 0.0347. The lowest BCUT2D eigenvalue weighted by atomic mass is 10.1. The molecule has 1 atom stereocenters. The molecule has 15 heteroatoms. The number of ether oxygens (including phenoxy) is 1. The number of methoxy groups -OCH3 is 1. The third-order valence-electron chi connectivity index (χ3n) is 4.22. The molecule has 1 unspecified atom stereocenters. The van der Waals surface area contributed by atoms with E-state index in [2.05, 4.69) is 15.3 Å². The molecule has 1 aliphatic heterocycles. The van der Waals surface area contributed by atoms with Crippen LogP contribution in [0.3, 0.4) is 0 Å². The van der Waals surface area contributed by atoms with Crippen LogP contribution in [0.2, 0.25) is 0 Å². The first-order valence-electron chi connectivity index (χ1n) is 8.64. The molecule has 0 saturated carbocycles. The topological polar surface area (TPSA) is 132 Å². The number of fused-ring (bicyclic) bond motifs is 1. The number of carboxylic acid groups (broad SMARTS) is 1. The van der Waals surface area contributed by atoms with Crippen molar-refractivity contribution >= 4 is 16.0 Å². The maximum atomic E-state index is 12.9. The first kappa shape index (κ1) is 23.8. The van der Waals surface area contributed by atoms with Crippen molar-refractivity contribution in [3.05, 3.63) is 23.9 Å². The highest BCUT2D eigenvalue weighted by Gasteiger charge is 2.40. The van der Waals surface area contributed by atoms with E-state index in [1.807, 2.05) is 11.6 Å². The van der Waals surface area contributed by atoms with Gasteiger partial charge in [0.05, 0.1) is 24.7 Å². The van der Waals surface area contributed by atoms with E-state index in [0.29, 0.717) is 25.2 Å². The fourth-order valence-electron chi connectivity index (χ4n) is 2.87. The van der Waals surface area contributed by atoms with Gasteiger partial charge in [-0.15, -0.1) is 5.10 Å². The largest absolute Gasteiger partial charge is 0.490 e. The number of aliphatic carboxylic acids is 1. The van der Waals surface area contributed by atoms with Gasteiger partial charge in [-0.2, -0.15) is 17.5 Å². The number of alkyl halides is 3. The average molecular weight is 454 g/mol. The number of sulfonamides is 1. The minimum Gasteiger partial charge on any atom is -0.475 e. The van der Waals surface area contributed by atoms with Crippen molar-refractivity contribution in [1.29, 1.82) is 0 Å². The van der Waals surface area contributed by atoms with Crippen molar-refractivity contribution in [2.75, 3.05) is 20.3 Å². The zero-order chi connectivity index (χ0) is 22.7. The number of rotatable bonds is 5. The van der Waals surface area contributed by atoms with Gasteiger partial charge in [-0.3, -0.25) is 0 Å². The highest BCUT2D eigenvalue weighted by Crippen LogP contribution is 2.32. The maximum absolute atomic E-state index is 12.9. The van der Waals surface area contributed by atoms with Crippen molar-refractivity contribution in [3.63, 3.8) is 0 Å². The summed E-state index contributed by atoms with van der Waals surface area (Å²) in [5, 5.41) is 15.5. The molecule has 0 saturated heterocycles. The van der Waals surface area contributed by atoms with Crippen molar-refractivity contribution in [2.24, 2.45) is 7.05 Å². The molecule has 0 fully saturated rings. The SMILES string of the molecule is CCn1nnc2c1CCN(S(=O)(=O)c1cn(C)cn1)C2COC.O=C(O)C(F)(F)F. The summed E-state index contributed by atoms with van der Waals surface area (Å²) in [5.41, 5.74) is 1.64. The van der Waals surface area contributed by atoms with Crippen LogP contribution in [0.5, 0.6) is 0 Å². The van der Waals surface area contributed by atoms with Crippen molar-refractivity contribution in [2.45, 2.75) is 37.1 Å².